The number of carbonyl (C=O) groups is 2. The molecule has 0 saturated heterocycles. The molecule has 100 valence electrons. The normalized spacial score (nSPS) is 28.1. The fourth-order valence-corrected chi connectivity index (χ4v) is 1.91. The van der Waals surface area contributed by atoms with Gasteiger partial charge in [-0.1, -0.05) is 45.1 Å². The molecule has 0 bridgehead atoms. The van der Waals surface area contributed by atoms with Gasteiger partial charge in [0.25, 0.3) is 0 Å². The molecule has 0 aromatic heterocycles. The molecule has 2 nitrogen and oxygen atoms in total. The molecule has 1 saturated carbocycles. The molecule has 0 radical (unpaired) electrons. The van der Waals surface area contributed by atoms with E-state index in [1.165, 1.54) is 0 Å². The maximum atomic E-state index is 12.2. The summed E-state index contributed by atoms with van der Waals surface area (Å²) in [6.07, 6.45) is 7.66. The van der Waals surface area contributed by atoms with Crippen molar-refractivity contribution in [1.82, 2.24) is 0 Å². The van der Waals surface area contributed by atoms with E-state index in [1.807, 2.05) is 33.8 Å². The molecule has 1 fully saturated rings. The quantitative estimate of drug-likeness (QED) is 0.546. The first-order valence-electron chi connectivity index (χ1n) is 6.62. The predicted molar refractivity (Wildman–Crippen MR) is 76.4 cm³/mol. The standard InChI is InChI=1S/C14H18O2.C2H6/c1-5-8-9-11-10(6-2)12(15)14(4,7-3)13(11)16;1-2/h5-6,8-9H,7H2,1-4H3;1-2H3/b8-5-,10-6+,11-9+;. The van der Waals surface area contributed by atoms with E-state index >= 15 is 0 Å². The van der Waals surface area contributed by atoms with Gasteiger partial charge < -0.3 is 0 Å². The van der Waals surface area contributed by atoms with Gasteiger partial charge in [-0.3, -0.25) is 9.59 Å². The van der Waals surface area contributed by atoms with Gasteiger partial charge in [-0.25, -0.2) is 0 Å². The van der Waals surface area contributed by atoms with Gasteiger partial charge in [-0.15, -0.1) is 0 Å². The zero-order chi connectivity index (χ0) is 14.3. The third-order valence-electron chi connectivity index (χ3n) is 3.23. The highest BCUT2D eigenvalue weighted by molar-refractivity contribution is 6.32. The molecule has 2 heteroatoms. The molecule has 1 rings (SSSR count). The van der Waals surface area contributed by atoms with Gasteiger partial charge in [-0.2, -0.15) is 0 Å². The first-order valence-corrected chi connectivity index (χ1v) is 6.62. The van der Waals surface area contributed by atoms with Crippen molar-refractivity contribution in [2.24, 2.45) is 5.41 Å². The summed E-state index contributed by atoms with van der Waals surface area (Å²) in [7, 11) is 0. The predicted octanol–water partition coefficient (Wildman–Crippen LogP) is 4.03. The van der Waals surface area contributed by atoms with Gasteiger partial charge in [0.15, 0.2) is 11.6 Å². The van der Waals surface area contributed by atoms with Crippen LogP contribution in [0, 0.1) is 5.41 Å². The van der Waals surface area contributed by atoms with Crippen LogP contribution in [-0.2, 0) is 9.59 Å². The molecule has 0 amide bonds. The highest BCUT2D eigenvalue weighted by atomic mass is 16.2. The zero-order valence-corrected chi connectivity index (χ0v) is 12.3. The Morgan fingerprint density at radius 3 is 1.94 bits per heavy atom. The Morgan fingerprint density at radius 2 is 1.56 bits per heavy atom. The summed E-state index contributed by atoms with van der Waals surface area (Å²) in [6.45, 7) is 11.3. The summed E-state index contributed by atoms with van der Waals surface area (Å²) < 4.78 is 0. The lowest BCUT2D eigenvalue weighted by Crippen LogP contribution is -2.28. The van der Waals surface area contributed by atoms with Crippen molar-refractivity contribution >= 4 is 11.6 Å². The van der Waals surface area contributed by atoms with Crippen LogP contribution in [0.15, 0.2) is 35.5 Å². The summed E-state index contributed by atoms with van der Waals surface area (Å²) in [6, 6.07) is 0. The third kappa shape index (κ3) is 2.69. The molecule has 0 N–H and O–H groups in total. The number of carbonyl (C=O) groups excluding carboxylic acids is 2. The van der Waals surface area contributed by atoms with Crippen molar-refractivity contribution in [3.63, 3.8) is 0 Å². The van der Waals surface area contributed by atoms with Crippen LogP contribution in [0.3, 0.4) is 0 Å². The number of rotatable bonds is 2. The van der Waals surface area contributed by atoms with Crippen molar-refractivity contribution in [3.05, 3.63) is 35.5 Å². The number of ketones is 2. The second kappa shape index (κ2) is 7.10. The summed E-state index contributed by atoms with van der Waals surface area (Å²) in [5.41, 5.74) is 0.261. The minimum atomic E-state index is -0.852. The van der Waals surface area contributed by atoms with E-state index < -0.39 is 5.41 Å². The van der Waals surface area contributed by atoms with Crippen molar-refractivity contribution < 1.29 is 9.59 Å². The Balaban J connectivity index is 0.00000137. The lowest BCUT2D eigenvalue weighted by molar-refractivity contribution is -0.132. The SMILES string of the molecule is CC.C\C=C/C=C1/C(=O)C(C)(CC)C(=O)/C1=C/C. The fraction of sp³-hybridized carbons (Fsp3) is 0.500. The van der Waals surface area contributed by atoms with Crippen LogP contribution in [0.1, 0.15) is 48.0 Å². The summed E-state index contributed by atoms with van der Waals surface area (Å²) in [5.74, 6) is -0.0931. The van der Waals surface area contributed by atoms with Crippen LogP contribution in [0.25, 0.3) is 0 Å². The van der Waals surface area contributed by atoms with Crippen LogP contribution in [-0.4, -0.2) is 11.6 Å². The van der Waals surface area contributed by atoms with Gasteiger partial charge in [-0.05, 0) is 27.2 Å². The molecule has 1 aliphatic rings. The van der Waals surface area contributed by atoms with E-state index in [4.69, 9.17) is 0 Å². The Kier molecular flexibility index (Phi) is 6.53. The van der Waals surface area contributed by atoms with Gasteiger partial charge in [0, 0.05) is 11.1 Å². The monoisotopic (exact) mass is 248 g/mol. The van der Waals surface area contributed by atoms with Crippen molar-refractivity contribution in [2.75, 3.05) is 0 Å². The van der Waals surface area contributed by atoms with Crippen LogP contribution >= 0.6 is 0 Å². The Hall–Kier alpha value is -1.44. The van der Waals surface area contributed by atoms with Crippen LogP contribution in [0.5, 0.6) is 0 Å². The van der Waals surface area contributed by atoms with Crippen molar-refractivity contribution in [1.29, 1.82) is 0 Å². The zero-order valence-electron chi connectivity index (χ0n) is 12.3. The van der Waals surface area contributed by atoms with Gasteiger partial charge in [0.05, 0.1) is 5.41 Å². The number of hydrogen-bond donors (Lipinski definition) is 0. The molecule has 1 unspecified atom stereocenters. The Morgan fingerprint density at radius 1 is 1.06 bits per heavy atom. The first kappa shape index (κ1) is 16.6. The summed E-state index contributed by atoms with van der Waals surface area (Å²) in [5, 5.41) is 0. The highest BCUT2D eigenvalue weighted by Gasteiger charge is 2.49. The fourth-order valence-electron chi connectivity index (χ4n) is 1.91. The topological polar surface area (TPSA) is 34.1 Å². The minimum Gasteiger partial charge on any atom is -0.293 e. The molecule has 0 aliphatic heterocycles. The average molecular weight is 248 g/mol. The molecular formula is C16H24O2. The van der Waals surface area contributed by atoms with E-state index in [2.05, 4.69) is 0 Å². The smallest absolute Gasteiger partial charge is 0.177 e. The Bertz CT molecular complexity index is 411. The lowest BCUT2D eigenvalue weighted by Gasteiger charge is -2.15. The maximum absolute atomic E-state index is 12.2. The van der Waals surface area contributed by atoms with E-state index in [-0.39, 0.29) is 11.6 Å². The van der Waals surface area contributed by atoms with Crippen LogP contribution in [0.2, 0.25) is 0 Å². The van der Waals surface area contributed by atoms with Gasteiger partial charge in [0.2, 0.25) is 0 Å². The highest BCUT2D eigenvalue weighted by Crippen LogP contribution is 2.40. The third-order valence-corrected chi connectivity index (χ3v) is 3.23. The molecule has 0 aromatic carbocycles. The van der Waals surface area contributed by atoms with Crippen LogP contribution < -0.4 is 0 Å². The molecule has 1 aliphatic carbocycles. The minimum absolute atomic E-state index is 0.0433. The van der Waals surface area contributed by atoms with E-state index in [9.17, 15) is 9.59 Å². The largest absolute Gasteiger partial charge is 0.293 e. The summed E-state index contributed by atoms with van der Waals surface area (Å²) >= 11 is 0. The average Bonchev–Trinajstić information content (AvgIpc) is 2.60. The molecule has 0 aromatic rings. The maximum Gasteiger partial charge on any atom is 0.177 e. The lowest BCUT2D eigenvalue weighted by atomic mass is 9.83. The Labute approximate surface area is 110 Å². The second-order valence-corrected chi connectivity index (χ2v) is 4.15. The molecule has 0 spiro atoms. The molecule has 18 heavy (non-hydrogen) atoms. The number of Topliss-reactive ketones (excluding diaryl/α,β-unsaturated/α-hetero) is 2. The first-order chi connectivity index (χ1) is 8.52. The summed E-state index contributed by atoms with van der Waals surface area (Å²) in [4.78, 5) is 24.3. The number of hydrogen-bond acceptors (Lipinski definition) is 2. The van der Waals surface area contributed by atoms with Crippen LogP contribution in [0.4, 0.5) is 0 Å². The van der Waals surface area contributed by atoms with Gasteiger partial charge in [0.1, 0.15) is 0 Å². The molecule has 1 atom stereocenters. The van der Waals surface area contributed by atoms with Crippen molar-refractivity contribution in [3.8, 4) is 0 Å². The van der Waals surface area contributed by atoms with E-state index in [0.717, 1.165) is 0 Å². The van der Waals surface area contributed by atoms with Crippen molar-refractivity contribution in [2.45, 2.75) is 48.0 Å². The van der Waals surface area contributed by atoms with E-state index in [1.54, 1.807) is 32.1 Å². The number of allylic oxidation sites excluding steroid dienone is 6. The van der Waals surface area contributed by atoms with Gasteiger partial charge >= 0.3 is 0 Å². The van der Waals surface area contributed by atoms with E-state index in [0.29, 0.717) is 17.6 Å². The molecule has 0 heterocycles. The molecular weight excluding hydrogens is 224 g/mol. The second-order valence-electron chi connectivity index (χ2n) is 4.15.